The Hall–Kier alpha value is -2.56. The molecule has 0 saturated heterocycles. The van der Waals surface area contributed by atoms with Crippen molar-refractivity contribution >= 4 is 16.7 Å². The summed E-state index contributed by atoms with van der Waals surface area (Å²) < 4.78 is 1.65. The number of rotatable bonds is 1. The van der Waals surface area contributed by atoms with E-state index in [1.54, 1.807) is 11.7 Å². The van der Waals surface area contributed by atoms with Crippen molar-refractivity contribution in [3.05, 3.63) is 46.8 Å². The molecule has 0 unspecified atom stereocenters. The molecule has 5 heteroatoms. The molecule has 0 aliphatic heterocycles. The number of aromatic nitrogens is 3. The normalized spacial score (nSPS) is 10.9. The summed E-state index contributed by atoms with van der Waals surface area (Å²) in [7, 11) is 1.79. The van der Waals surface area contributed by atoms with E-state index in [-0.39, 0.29) is 11.1 Å². The lowest BCUT2D eigenvalue weighted by Crippen LogP contribution is -2.09. The quantitative estimate of drug-likeness (QED) is 0.677. The predicted molar refractivity (Wildman–Crippen MR) is 71.2 cm³/mol. The van der Waals surface area contributed by atoms with Crippen LogP contribution in [-0.2, 0) is 7.05 Å². The van der Waals surface area contributed by atoms with Gasteiger partial charge in [-0.05, 0) is 0 Å². The molecule has 0 bridgehead atoms. The highest BCUT2D eigenvalue weighted by Crippen LogP contribution is 2.24. The second-order valence-electron chi connectivity index (χ2n) is 4.13. The van der Waals surface area contributed by atoms with Gasteiger partial charge in [0.25, 0.3) is 0 Å². The summed E-state index contributed by atoms with van der Waals surface area (Å²) in [6, 6.07) is 9.59. The van der Waals surface area contributed by atoms with Crippen LogP contribution in [0.5, 0.6) is 0 Å². The molecule has 0 amide bonds. The number of aryl methyl sites for hydroxylation is 1. The number of anilines is 1. The molecule has 3 rings (SSSR count). The lowest BCUT2D eigenvalue weighted by atomic mass is 10.1. The summed E-state index contributed by atoms with van der Waals surface area (Å²) in [6.07, 6.45) is 1.50. The van der Waals surface area contributed by atoms with Crippen molar-refractivity contribution in [3.8, 4) is 11.3 Å². The van der Waals surface area contributed by atoms with Crippen LogP contribution in [0.25, 0.3) is 22.3 Å². The van der Waals surface area contributed by atoms with Crippen molar-refractivity contribution in [3.63, 3.8) is 0 Å². The van der Waals surface area contributed by atoms with Gasteiger partial charge in [-0.15, -0.1) is 0 Å². The van der Waals surface area contributed by atoms with Gasteiger partial charge in [-0.3, -0.25) is 9.48 Å². The Kier molecular flexibility index (Phi) is 2.19. The lowest BCUT2D eigenvalue weighted by molar-refractivity contribution is 0.790. The van der Waals surface area contributed by atoms with Crippen LogP contribution in [0.15, 0.2) is 41.3 Å². The fourth-order valence-electron chi connectivity index (χ4n) is 2.06. The van der Waals surface area contributed by atoms with Gasteiger partial charge in [0.15, 0.2) is 0 Å². The third kappa shape index (κ3) is 1.41. The molecule has 2 heterocycles. The number of pyridine rings is 1. The van der Waals surface area contributed by atoms with Crippen LogP contribution in [0.2, 0.25) is 0 Å². The number of nitrogen functional groups attached to an aromatic ring is 1. The van der Waals surface area contributed by atoms with Crippen molar-refractivity contribution in [2.45, 2.75) is 0 Å². The number of nitrogens with two attached hydrogens (primary N) is 1. The minimum atomic E-state index is -0.185. The lowest BCUT2D eigenvalue weighted by Gasteiger charge is -1.97. The summed E-state index contributed by atoms with van der Waals surface area (Å²) in [5.74, 6) is 0. The Morgan fingerprint density at radius 3 is 2.72 bits per heavy atom. The van der Waals surface area contributed by atoms with E-state index >= 15 is 0 Å². The average molecular weight is 240 g/mol. The van der Waals surface area contributed by atoms with E-state index in [1.165, 1.54) is 6.20 Å². The highest BCUT2D eigenvalue weighted by molar-refractivity contribution is 5.92. The zero-order valence-electron chi connectivity index (χ0n) is 9.84. The SMILES string of the molecule is Cn1nc(-c2ccccc2)c2c(=O)c(N)c[nH]c21. The summed E-state index contributed by atoms with van der Waals surface area (Å²) in [4.78, 5) is 15.1. The van der Waals surface area contributed by atoms with Gasteiger partial charge in [0.2, 0.25) is 5.43 Å². The number of nitrogens with one attached hydrogen (secondary N) is 1. The molecule has 0 radical (unpaired) electrons. The molecular formula is C13H12N4O. The van der Waals surface area contributed by atoms with E-state index in [0.29, 0.717) is 16.7 Å². The highest BCUT2D eigenvalue weighted by atomic mass is 16.1. The predicted octanol–water partition coefficient (Wildman–Crippen LogP) is 1.51. The Bertz CT molecular complexity index is 771. The third-order valence-corrected chi connectivity index (χ3v) is 2.95. The van der Waals surface area contributed by atoms with Gasteiger partial charge in [-0.2, -0.15) is 5.10 Å². The van der Waals surface area contributed by atoms with Crippen LogP contribution in [0.3, 0.4) is 0 Å². The van der Waals surface area contributed by atoms with Crippen molar-refractivity contribution in [1.29, 1.82) is 0 Å². The fraction of sp³-hybridized carbons (Fsp3) is 0.0769. The number of hydrogen-bond acceptors (Lipinski definition) is 3. The molecule has 1 aromatic carbocycles. The van der Waals surface area contributed by atoms with Crippen LogP contribution < -0.4 is 11.2 Å². The maximum atomic E-state index is 12.1. The van der Waals surface area contributed by atoms with Crippen LogP contribution in [0, 0.1) is 0 Å². The van der Waals surface area contributed by atoms with E-state index in [1.807, 2.05) is 30.3 Å². The molecule has 0 fully saturated rings. The highest BCUT2D eigenvalue weighted by Gasteiger charge is 2.15. The standard InChI is InChI=1S/C13H12N4O/c1-17-13-10(12(18)9(14)7-15-13)11(16-17)8-5-3-2-4-6-8/h2-7H,14H2,1H3,(H,15,18). The van der Waals surface area contributed by atoms with Crippen LogP contribution >= 0.6 is 0 Å². The molecule has 0 atom stereocenters. The average Bonchev–Trinajstić information content (AvgIpc) is 2.73. The number of aromatic amines is 1. The van der Waals surface area contributed by atoms with E-state index in [0.717, 1.165) is 5.56 Å². The van der Waals surface area contributed by atoms with E-state index in [9.17, 15) is 4.79 Å². The largest absolute Gasteiger partial charge is 0.394 e. The first-order chi connectivity index (χ1) is 8.68. The zero-order valence-corrected chi connectivity index (χ0v) is 9.84. The molecule has 0 aliphatic carbocycles. The van der Waals surface area contributed by atoms with Crippen molar-refractivity contribution < 1.29 is 0 Å². The molecule has 0 spiro atoms. The summed E-state index contributed by atoms with van der Waals surface area (Å²) in [6.45, 7) is 0. The number of benzene rings is 1. The maximum Gasteiger partial charge on any atom is 0.216 e. The van der Waals surface area contributed by atoms with E-state index < -0.39 is 0 Å². The van der Waals surface area contributed by atoms with Gasteiger partial charge < -0.3 is 10.7 Å². The number of hydrogen-bond donors (Lipinski definition) is 2. The minimum absolute atomic E-state index is 0.185. The van der Waals surface area contributed by atoms with Crippen molar-refractivity contribution in [2.24, 2.45) is 7.05 Å². The van der Waals surface area contributed by atoms with Gasteiger partial charge in [0, 0.05) is 18.8 Å². The molecule has 5 nitrogen and oxygen atoms in total. The third-order valence-electron chi connectivity index (χ3n) is 2.95. The van der Waals surface area contributed by atoms with Gasteiger partial charge in [-0.1, -0.05) is 30.3 Å². The molecule has 90 valence electrons. The summed E-state index contributed by atoms with van der Waals surface area (Å²) >= 11 is 0. The molecule has 18 heavy (non-hydrogen) atoms. The minimum Gasteiger partial charge on any atom is -0.394 e. The van der Waals surface area contributed by atoms with Crippen LogP contribution in [0.1, 0.15) is 0 Å². The van der Waals surface area contributed by atoms with Crippen LogP contribution in [0.4, 0.5) is 5.69 Å². The first kappa shape index (κ1) is 10.6. The van der Waals surface area contributed by atoms with Gasteiger partial charge in [-0.25, -0.2) is 0 Å². The molecular weight excluding hydrogens is 228 g/mol. The topological polar surface area (TPSA) is 76.7 Å². The maximum absolute atomic E-state index is 12.1. The van der Waals surface area contributed by atoms with Crippen LogP contribution in [-0.4, -0.2) is 14.8 Å². The second-order valence-corrected chi connectivity index (χ2v) is 4.13. The first-order valence-corrected chi connectivity index (χ1v) is 5.58. The summed E-state index contributed by atoms with van der Waals surface area (Å²) in [5, 5.41) is 4.92. The molecule has 2 aromatic heterocycles. The Morgan fingerprint density at radius 1 is 1.28 bits per heavy atom. The van der Waals surface area contributed by atoms with Crippen molar-refractivity contribution in [1.82, 2.24) is 14.8 Å². The fourth-order valence-corrected chi connectivity index (χ4v) is 2.06. The molecule has 0 aliphatic rings. The van der Waals surface area contributed by atoms with Gasteiger partial charge >= 0.3 is 0 Å². The molecule has 3 N–H and O–H groups in total. The van der Waals surface area contributed by atoms with Gasteiger partial charge in [0.1, 0.15) is 11.3 Å². The van der Waals surface area contributed by atoms with E-state index in [2.05, 4.69) is 10.1 Å². The Labute approximate surface area is 103 Å². The summed E-state index contributed by atoms with van der Waals surface area (Å²) in [5.41, 5.74) is 7.91. The zero-order chi connectivity index (χ0) is 12.7. The second kappa shape index (κ2) is 3.73. The Morgan fingerprint density at radius 2 is 2.00 bits per heavy atom. The van der Waals surface area contributed by atoms with Gasteiger partial charge in [0.05, 0.1) is 11.1 Å². The number of H-pyrrole nitrogens is 1. The smallest absolute Gasteiger partial charge is 0.216 e. The first-order valence-electron chi connectivity index (χ1n) is 5.58. The number of nitrogens with zero attached hydrogens (tertiary/aromatic N) is 2. The monoisotopic (exact) mass is 240 g/mol. The molecule has 3 aromatic rings. The molecule has 0 saturated carbocycles. The van der Waals surface area contributed by atoms with E-state index in [4.69, 9.17) is 5.73 Å². The Balaban J connectivity index is 2.45. The van der Waals surface area contributed by atoms with Crippen molar-refractivity contribution in [2.75, 3.05) is 5.73 Å². The number of fused-ring (bicyclic) bond motifs is 1.